The Hall–Kier alpha value is -3.43. The number of rotatable bonds is 3. The zero-order valence-corrected chi connectivity index (χ0v) is 18.1. The third-order valence-electron chi connectivity index (χ3n) is 5.99. The molecule has 1 aromatic heterocycles. The van der Waals surface area contributed by atoms with Crippen molar-refractivity contribution in [3.63, 3.8) is 0 Å². The topological polar surface area (TPSA) is 110 Å². The number of aromatic amines is 1. The number of nitrogens with zero attached hydrogens (tertiary/aromatic N) is 1. The maximum Gasteiger partial charge on any atom is 0.332 e. The maximum absolute atomic E-state index is 13.6. The first-order chi connectivity index (χ1) is 15.4. The van der Waals surface area contributed by atoms with E-state index in [9.17, 15) is 14.7 Å². The van der Waals surface area contributed by atoms with Crippen LogP contribution in [0.2, 0.25) is 5.02 Å². The van der Waals surface area contributed by atoms with Crippen LogP contribution in [0.4, 0.5) is 0 Å². The minimum Gasteiger partial charge on any atom is -0.859 e. The Labute approximate surface area is 187 Å². The third kappa shape index (κ3) is 3.04. The van der Waals surface area contributed by atoms with Gasteiger partial charge < -0.3 is 24.2 Å². The standard InChI is InChI=1S/C22H20ClN3O6/c1-25-8-7-11-9-14-18(32-10-31-14)19(30-2)15(11)17(25)16-20(27)24-22(29)26(21(16)28)13-5-3-12(23)4-6-13/h3-6,9,17,28H,7-8,10H2,1-2H3,(H,24,27,29). The Bertz CT molecular complexity index is 1330. The third-order valence-corrected chi connectivity index (χ3v) is 6.25. The molecule has 2 N–H and O–H groups in total. The Morgan fingerprint density at radius 1 is 1.22 bits per heavy atom. The summed E-state index contributed by atoms with van der Waals surface area (Å²) in [7, 11) is 3.41. The molecule has 0 saturated heterocycles. The number of H-pyrrole nitrogens is 1. The molecule has 3 aromatic rings. The van der Waals surface area contributed by atoms with Crippen LogP contribution in [0.5, 0.6) is 23.1 Å². The van der Waals surface area contributed by atoms with Crippen molar-refractivity contribution in [3.8, 4) is 28.8 Å². The Morgan fingerprint density at radius 2 is 1.97 bits per heavy atom. The van der Waals surface area contributed by atoms with Crippen LogP contribution in [0.3, 0.4) is 0 Å². The molecular formula is C22H20ClN3O6. The van der Waals surface area contributed by atoms with Crippen molar-refractivity contribution in [2.75, 3.05) is 27.5 Å². The lowest BCUT2D eigenvalue weighted by molar-refractivity contribution is -0.908. The summed E-state index contributed by atoms with van der Waals surface area (Å²) in [5.74, 6) is 0.766. The second-order valence-corrected chi connectivity index (χ2v) is 8.22. The second-order valence-electron chi connectivity index (χ2n) is 7.79. The van der Waals surface area contributed by atoms with Gasteiger partial charge in [-0.15, -0.1) is 0 Å². The Kier molecular flexibility index (Phi) is 4.87. The lowest BCUT2D eigenvalue weighted by atomic mass is 9.87. The first kappa shape index (κ1) is 20.5. The molecular weight excluding hydrogens is 438 g/mol. The van der Waals surface area contributed by atoms with Gasteiger partial charge in [0.2, 0.25) is 12.5 Å². The molecule has 0 bridgehead atoms. The summed E-state index contributed by atoms with van der Waals surface area (Å²) in [4.78, 5) is 28.8. The molecule has 2 aliphatic rings. The first-order valence-corrected chi connectivity index (χ1v) is 10.4. The number of hydrogen-bond acceptors (Lipinski definition) is 6. The first-order valence-electron chi connectivity index (χ1n) is 10.0. The van der Waals surface area contributed by atoms with E-state index in [-0.39, 0.29) is 12.4 Å². The average Bonchev–Trinajstić information content (AvgIpc) is 3.23. The number of methoxy groups -OCH3 is 1. The van der Waals surface area contributed by atoms with Crippen LogP contribution in [-0.2, 0) is 6.42 Å². The van der Waals surface area contributed by atoms with Gasteiger partial charge in [0.05, 0.1) is 31.8 Å². The fraction of sp³-hybridized carbons (Fsp3) is 0.273. The summed E-state index contributed by atoms with van der Waals surface area (Å²) in [6, 6.07) is 7.45. The highest BCUT2D eigenvalue weighted by Gasteiger charge is 2.39. The van der Waals surface area contributed by atoms with E-state index in [1.54, 1.807) is 24.3 Å². The lowest BCUT2D eigenvalue weighted by Gasteiger charge is -2.35. The van der Waals surface area contributed by atoms with Gasteiger partial charge in [-0.05, 0) is 41.8 Å². The average molecular weight is 458 g/mol. The van der Waals surface area contributed by atoms with Gasteiger partial charge in [-0.1, -0.05) is 11.6 Å². The van der Waals surface area contributed by atoms with Gasteiger partial charge in [-0.3, -0.25) is 14.3 Å². The highest BCUT2D eigenvalue weighted by Crippen LogP contribution is 2.48. The van der Waals surface area contributed by atoms with Crippen molar-refractivity contribution in [1.29, 1.82) is 0 Å². The van der Waals surface area contributed by atoms with Crippen LogP contribution >= 0.6 is 11.6 Å². The fourth-order valence-corrected chi connectivity index (χ4v) is 4.65. The SMILES string of the molecule is COc1c2c(cc3c1C(c1c([O-])n(-c4ccc(Cl)cc4)c(=O)[nH]c1=O)[NH+](C)CC3)OCO2. The number of nitrogens with one attached hydrogen (secondary N) is 2. The minimum absolute atomic E-state index is 0.0461. The number of hydrogen-bond donors (Lipinski definition) is 2. The van der Waals surface area contributed by atoms with Gasteiger partial charge in [0, 0.05) is 17.1 Å². The van der Waals surface area contributed by atoms with Crippen molar-refractivity contribution in [2.24, 2.45) is 0 Å². The number of benzene rings is 2. The summed E-state index contributed by atoms with van der Waals surface area (Å²) in [6.07, 6.45) is 0.702. The molecule has 166 valence electrons. The number of halogens is 1. The van der Waals surface area contributed by atoms with Crippen LogP contribution in [0.25, 0.3) is 5.69 Å². The lowest BCUT2D eigenvalue weighted by Crippen LogP contribution is -3.10. The zero-order valence-electron chi connectivity index (χ0n) is 17.4. The fourth-order valence-electron chi connectivity index (χ4n) is 4.53. The largest absolute Gasteiger partial charge is 0.859 e. The van der Waals surface area contributed by atoms with E-state index in [0.29, 0.717) is 46.5 Å². The van der Waals surface area contributed by atoms with Gasteiger partial charge in [0.1, 0.15) is 6.04 Å². The van der Waals surface area contributed by atoms with Gasteiger partial charge in [0.15, 0.2) is 11.5 Å². The highest BCUT2D eigenvalue weighted by molar-refractivity contribution is 6.30. The minimum atomic E-state index is -0.808. The molecule has 2 aliphatic heterocycles. The Morgan fingerprint density at radius 3 is 2.69 bits per heavy atom. The number of likely N-dealkylation sites (N-methyl/N-ethyl adjacent to an activating group) is 1. The van der Waals surface area contributed by atoms with Gasteiger partial charge in [-0.25, -0.2) is 4.79 Å². The number of ether oxygens (including phenoxy) is 3. The van der Waals surface area contributed by atoms with E-state index >= 15 is 0 Å². The van der Waals surface area contributed by atoms with E-state index in [0.717, 1.165) is 15.0 Å². The van der Waals surface area contributed by atoms with E-state index in [1.807, 2.05) is 13.1 Å². The van der Waals surface area contributed by atoms with Gasteiger partial charge in [-0.2, -0.15) is 0 Å². The van der Waals surface area contributed by atoms with E-state index < -0.39 is 23.2 Å². The molecule has 0 saturated carbocycles. The molecule has 2 unspecified atom stereocenters. The smallest absolute Gasteiger partial charge is 0.332 e. The van der Waals surface area contributed by atoms with Crippen molar-refractivity contribution >= 4 is 11.6 Å². The van der Waals surface area contributed by atoms with Crippen LogP contribution in [0.15, 0.2) is 39.9 Å². The van der Waals surface area contributed by atoms with Crippen molar-refractivity contribution in [1.82, 2.24) is 9.55 Å². The van der Waals surface area contributed by atoms with Crippen molar-refractivity contribution < 1.29 is 24.2 Å². The summed E-state index contributed by atoms with van der Waals surface area (Å²) in [5.41, 5.74) is 0.331. The number of aromatic nitrogens is 2. The predicted molar refractivity (Wildman–Crippen MR) is 114 cm³/mol. The highest BCUT2D eigenvalue weighted by atomic mass is 35.5. The molecule has 10 heteroatoms. The number of fused-ring (bicyclic) bond motifs is 2. The number of quaternary nitrogens is 1. The van der Waals surface area contributed by atoms with E-state index in [2.05, 4.69) is 4.98 Å². The molecule has 2 atom stereocenters. The Balaban J connectivity index is 1.78. The van der Waals surface area contributed by atoms with Crippen LogP contribution in [-0.4, -0.2) is 37.0 Å². The maximum atomic E-state index is 13.6. The quantitative estimate of drug-likeness (QED) is 0.579. The van der Waals surface area contributed by atoms with Gasteiger partial charge >= 0.3 is 5.69 Å². The van der Waals surface area contributed by atoms with Crippen LogP contribution in [0.1, 0.15) is 22.7 Å². The molecule has 9 nitrogen and oxygen atoms in total. The van der Waals surface area contributed by atoms with Crippen molar-refractivity contribution in [3.05, 3.63) is 72.9 Å². The van der Waals surface area contributed by atoms with Crippen LogP contribution in [0, 0.1) is 0 Å². The molecule has 0 spiro atoms. The molecule has 32 heavy (non-hydrogen) atoms. The van der Waals surface area contributed by atoms with Crippen molar-refractivity contribution in [2.45, 2.75) is 12.5 Å². The van der Waals surface area contributed by atoms with Crippen LogP contribution < -0.4 is 35.5 Å². The molecule has 5 rings (SSSR count). The molecule has 0 amide bonds. The van der Waals surface area contributed by atoms with E-state index in [1.165, 1.54) is 7.11 Å². The summed E-state index contributed by atoms with van der Waals surface area (Å²) in [5, 5.41) is 14.0. The molecule has 2 aromatic carbocycles. The summed E-state index contributed by atoms with van der Waals surface area (Å²) in [6.45, 7) is 0.732. The molecule has 0 aliphatic carbocycles. The summed E-state index contributed by atoms with van der Waals surface area (Å²) < 4.78 is 17.8. The zero-order chi connectivity index (χ0) is 22.6. The second kappa shape index (κ2) is 7.61. The molecule has 3 heterocycles. The molecule has 0 fully saturated rings. The van der Waals surface area contributed by atoms with Gasteiger partial charge in [0.25, 0.3) is 5.56 Å². The normalized spacial score (nSPS) is 19.0. The van der Waals surface area contributed by atoms with E-state index in [4.69, 9.17) is 25.8 Å². The summed E-state index contributed by atoms with van der Waals surface area (Å²) >= 11 is 5.95. The molecule has 0 radical (unpaired) electrons. The monoisotopic (exact) mass is 457 g/mol. The predicted octanol–water partition coefficient (Wildman–Crippen LogP) is 0.150.